The summed E-state index contributed by atoms with van der Waals surface area (Å²) in [6.45, 7) is 10.6. The average molecular weight is 186 g/mol. The van der Waals surface area contributed by atoms with Gasteiger partial charge in [-0.3, -0.25) is 11.3 Å². The summed E-state index contributed by atoms with van der Waals surface area (Å²) >= 11 is 0. The van der Waals surface area contributed by atoms with Crippen LogP contribution in [0.4, 0.5) is 0 Å². The lowest BCUT2D eigenvalue weighted by molar-refractivity contribution is 0.0453. The highest BCUT2D eigenvalue weighted by molar-refractivity contribution is 4.89. The van der Waals surface area contributed by atoms with Crippen LogP contribution in [0, 0.1) is 0 Å². The van der Waals surface area contributed by atoms with Crippen molar-refractivity contribution in [3.63, 3.8) is 0 Å². The molecule has 78 valence electrons. The minimum absolute atomic E-state index is 0.161. The summed E-state index contributed by atoms with van der Waals surface area (Å²) in [5.41, 5.74) is 3.96. The summed E-state index contributed by atoms with van der Waals surface area (Å²) in [6.07, 6.45) is 2.13. The molecule has 3 heteroatoms. The van der Waals surface area contributed by atoms with Crippen LogP contribution < -0.4 is 11.3 Å². The lowest BCUT2D eigenvalue weighted by Crippen LogP contribution is -2.43. The van der Waals surface area contributed by atoms with E-state index in [1.54, 1.807) is 0 Å². The third-order valence-electron chi connectivity index (χ3n) is 2.09. The largest absolute Gasteiger partial charge is 0.377 e. The van der Waals surface area contributed by atoms with Crippen LogP contribution in [0.2, 0.25) is 0 Å². The maximum absolute atomic E-state index is 5.45. The molecule has 0 aromatic heterocycles. The predicted octanol–water partition coefficient (Wildman–Crippen LogP) is 1.60. The maximum Gasteiger partial charge on any atom is 0.0713 e. The number of hydrogen-bond acceptors (Lipinski definition) is 3. The highest BCUT2D eigenvalue weighted by Gasteiger charge is 2.14. The standard InChI is InChI=1S/C10H22N2O/c1-5-13-9(4)10(12-11)7-6-8(2)3/h9-10,12H,2,5-7,11H2,1,3-4H3. The third kappa shape index (κ3) is 5.80. The van der Waals surface area contributed by atoms with Gasteiger partial charge >= 0.3 is 0 Å². The molecule has 13 heavy (non-hydrogen) atoms. The summed E-state index contributed by atoms with van der Waals surface area (Å²) in [7, 11) is 0. The number of ether oxygens (including phenoxy) is 1. The van der Waals surface area contributed by atoms with Crippen LogP contribution in [0.1, 0.15) is 33.6 Å². The topological polar surface area (TPSA) is 47.3 Å². The zero-order chi connectivity index (χ0) is 10.3. The molecular weight excluding hydrogens is 164 g/mol. The van der Waals surface area contributed by atoms with E-state index in [0.29, 0.717) is 0 Å². The van der Waals surface area contributed by atoms with E-state index in [0.717, 1.165) is 19.4 Å². The van der Waals surface area contributed by atoms with Gasteiger partial charge in [-0.15, -0.1) is 6.58 Å². The van der Waals surface area contributed by atoms with Crippen molar-refractivity contribution in [2.45, 2.75) is 45.8 Å². The zero-order valence-corrected chi connectivity index (χ0v) is 8.97. The Labute approximate surface area is 81.3 Å². The van der Waals surface area contributed by atoms with Gasteiger partial charge in [0.2, 0.25) is 0 Å². The molecule has 0 aliphatic heterocycles. The Balaban J connectivity index is 3.79. The van der Waals surface area contributed by atoms with E-state index in [4.69, 9.17) is 10.6 Å². The van der Waals surface area contributed by atoms with Gasteiger partial charge in [0, 0.05) is 12.6 Å². The van der Waals surface area contributed by atoms with Gasteiger partial charge in [-0.1, -0.05) is 5.57 Å². The molecule has 2 atom stereocenters. The fraction of sp³-hybridized carbons (Fsp3) is 0.800. The average Bonchev–Trinajstić information content (AvgIpc) is 2.05. The quantitative estimate of drug-likeness (QED) is 0.361. The summed E-state index contributed by atoms with van der Waals surface area (Å²) in [5, 5.41) is 0. The number of hydrazine groups is 1. The van der Waals surface area contributed by atoms with Crippen molar-refractivity contribution in [3.8, 4) is 0 Å². The first-order valence-corrected chi connectivity index (χ1v) is 4.83. The first-order chi connectivity index (χ1) is 6.11. The lowest BCUT2D eigenvalue weighted by atomic mass is 10.0. The van der Waals surface area contributed by atoms with Crippen LogP contribution in [0.25, 0.3) is 0 Å². The molecule has 0 rings (SSSR count). The number of allylic oxidation sites excluding steroid dienone is 1. The smallest absolute Gasteiger partial charge is 0.0713 e. The van der Waals surface area contributed by atoms with E-state index in [1.165, 1.54) is 5.57 Å². The van der Waals surface area contributed by atoms with Gasteiger partial charge in [-0.25, -0.2) is 0 Å². The molecule has 0 saturated carbocycles. The van der Waals surface area contributed by atoms with Gasteiger partial charge in [0.25, 0.3) is 0 Å². The Kier molecular flexibility index (Phi) is 6.86. The molecule has 3 N–H and O–H groups in total. The normalized spacial score (nSPS) is 15.4. The van der Waals surface area contributed by atoms with Crippen LogP contribution in [-0.2, 0) is 4.74 Å². The van der Waals surface area contributed by atoms with Crippen LogP contribution in [-0.4, -0.2) is 18.8 Å². The van der Waals surface area contributed by atoms with Crippen LogP contribution >= 0.6 is 0 Å². The van der Waals surface area contributed by atoms with E-state index < -0.39 is 0 Å². The van der Waals surface area contributed by atoms with Gasteiger partial charge in [-0.2, -0.15) is 0 Å². The first kappa shape index (κ1) is 12.6. The molecule has 0 aliphatic rings. The zero-order valence-electron chi connectivity index (χ0n) is 8.97. The second-order valence-electron chi connectivity index (χ2n) is 3.43. The number of hydrogen-bond donors (Lipinski definition) is 2. The Morgan fingerprint density at radius 2 is 2.23 bits per heavy atom. The second-order valence-corrected chi connectivity index (χ2v) is 3.43. The Bertz CT molecular complexity index is 148. The third-order valence-corrected chi connectivity index (χ3v) is 2.09. The Morgan fingerprint density at radius 3 is 2.62 bits per heavy atom. The predicted molar refractivity (Wildman–Crippen MR) is 56.2 cm³/mol. The summed E-state index contributed by atoms with van der Waals surface area (Å²) in [6, 6.07) is 0.219. The van der Waals surface area contributed by atoms with Crippen molar-refractivity contribution >= 4 is 0 Å². The van der Waals surface area contributed by atoms with Crippen molar-refractivity contribution in [1.29, 1.82) is 0 Å². The summed E-state index contributed by atoms with van der Waals surface area (Å²) < 4.78 is 5.45. The van der Waals surface area contributed by atoms with Crippen molar-refractivity contribution in [2.24, 2.45) is 5.84 Å². The van der Waals surface area contributed by atoms with Gasteiger partial charge in [-0.05, 0) is 33.6 Å². The summed E-state index contributed by atoms with van der Waals surface area (Å²) in [4.78, 5) is 0. The Hall–Kier alpha value is -0.380. The minimum Gasteiger partial charge on any atom is -0.377 e. The fourth-order valence-corrected chi connectivity index (χ4v) is 1.23. The van der Waals surface area contributed by atoms with E-state index in [1.807, 2.05) is 20.8 Å². The second kappa shape index (κ2) is 7.06. The van der Waals surface area contributed by atoms with Gasteiger partial charge < -0.3 is 4.74 Å². The summed E-state index contributed by atoms with van der Waals surface area (Å²) in [5.74, 6) is 5.43. The molecule has 3 nitrogen and oxygen atoms in total. The lowest BCUT2D eigenvalue weighted by Gasteiger charge is -2.22. The minimum atomic E-state index is 0.161. The fourth-order valence-electron chi connectivity index (χ4n) is 1.23. The number of nitrogens with two attached hydrogens (primary N) is 1. The van der Waals surface area contributed by atoms with Crippen molar-refractivity contribution in [3.05, 3.63) is 12.2 Å². The SMILES string of the molecule is C=C(C)CCC(NN)C(C)OCC. The van der Waals surface area contributed by atoms with Gasteiger partial charge in [0.05, 0.1) is 6.10 Å². The van der Waals surface area contributed by atoms with Crippen LogP contribution in [0.15, 0.2) is 12.2 Å². The van der Waals surface area contributed by atoms with E-state index in [9.17, 15) is 0 Å². The van der Waals surface area contributed by atoms with Crippen molar-refractivity contribution < 1.29 is 4.74 Å². The monoisotopic (exact) mass is 186 g/mol. The molecular formula is C10H22N2O. The molecule has 0 amide bonds. The van der Waals surface area contributed by atoms with Crippen molar-refractivity contribution in [2.75, 3.05) is 6.61 Å². The molecule has 0 aliphatic carbocycles. The van der Waals surface area contributed by atoms with Crippen LogP contribution in [0.3, 0.4) is 0 Å². The maximum atomic E-state index is 5.45. The highest BCUT2D eigenvalue weighted by atomic mass is 16.5. The number of rotatable bonds is 7. The molecule has 0 saturated heterocycles. The van der Waals surface area contributed by atoms with Crippen LogP contribution in [0.5, 0.6) is 0 Å². The van der Waals surface area contributed by atoms with Crippen molar-refractivity contribution in [1.82, 2.24) is 5.43 Å². The van der Waals surface area contributed by atoms with Gasteiger partial charge in [0.15, 0.2) is 0 Å². The molecule has 0 fully saturated rings. The van der Waals surface area contributed by atoms with Gasteiger partial charge in [0.1, 0.15) is 0 Å². The molecule has 0 radical (unpaired) electrons. The molecule has 0 heterocycles. The first-order valence-electron chi connectivity index (χ1n) is 4.83. The highest BCUT2D eigenvalue weighted by Crippen LogP contribution is 2.09. The van der Waals surface area contributed by atoms with E-state index in [2.05, 4.69) is 12.0 Å². The Morgan fingerprint density at radius 1 is 1.62 bits per heavy atom. The molecule has 0 bridgehead atoms. The molecule has 2 unspecified atom stereocenters. The van der Waals surface area contributed by atoms with E-state index >= 15 is 0 Å². The van der Waals surface area contributed by atoms with E-state index in [-0.39, 0.29) is 12.1 Å². The molecule has 0 aromatic carbocycles. The molecule has 0 spiro atoms. The number of nitrogens with one attached hydrogen (secondary N) is 1. The molecule has 0 aromatic rings.